The quantitative estimate of drug-likeness (QED) is 0.675. The van der Waals surface area contributed by atoms with Crippen molar-refractivity contribution in [2.75, 3.05) is 5.73 Å². The number of aromatic carboxylic acids is 1. The second-order valence-corrected chi connectivity index (χ2v) is 2.90. The van der Waals surface area contributed by atoms with Crippen LogP contribution in [0.5, 0.6) is 0 Å². The number of carbonyl (C=O) groups is 1. The molecule has 0 saturated heterocycles. The largest absolute Gasteiger partial charge is 0.478 e. The number of nitrogens with two attached hydrogens (primary N) is 1. The molecule has 0 atom stereocenters. The molecule has 2 heterocycles. The molecule has 0 fully saturated rings. The average Bonchev–Trinajstić information content (AvgIpc) is 2.43. The maximum Gasteiger partial charge on any atom is 0.339 e. The van der Waals surface area contributed by atoms with Crippen LogP contribution in [0.25, 0.3) is 10.9 Å². The van der Waals surface area contributed by atoms with Gasteiger partial charge in [-0.25, -0.2) is 4.79 Å². The van der Waals surface area contributed by atoms with Crippen molar-refractivity contribution in [3.63, 3.8) is 0 Å². The summed E-state index contributed by atoms with van der Waals surface area (Å²) in [5.41, 5.74) is 6.18. The van der Waals surface area contributed by atoms with E-state index in [1.54, 1.807) is 7.05 Å². The lowest BCUT2D eigenvalue weighted by Crippen LogP contribution is -2.01. The Morgan fingerprint density at radius 1 is 1.57 bits per heavy atom. The summed E-state index contributed by atoms with van der Waals surface area (Å²) in [6, 6.07) is 0. The molecule has 0 bridgehead atoms. The molecule has 2 aromatic rings. The van der Waals surface area contributed by atoms with Crippen LogP contribution in [-0.4, -0.2) is 25.8 Å². The predicted octanol–water partition coefficient (Wildman–Crippen LogP) is 0.249. The Kier molecular flexibility index (Phi) is 1.63. The predicted molar refractivity (Wildman–Crippen MR) is 49.9 cm³/mol. The van der Waals surface area contributed by atoms with E-state index in [1.165, 1.54) is 17.1 Å². The number of nitrogens with zero attached hydrogens (tertiary/aromatic N) is 3. The smallest absolute Gasteiger partial charge is 0.339 e. The number of hydrogen-bond donors (Lipinski definition) is 2. The van der Waals surface area contributed by atoms with Gasteiger partial charge in [-0.2, -0.15) is 5.10 Å². The Morgan fingerprint density at radius 2 is 2.29 bits per heavy atom. The van der Waals surface area contributed by atoms with Crippen LogP contribution in [0.3, 0.4) is 0 Å². The average molecular weight is 192 g/mol. The minimum absolute atomic E-state index is 0.106. The molecule has 3 N–H and O–H groups in total. The second kappa shape index (κ2) is 2.69. The molecule has 0 aliphatic heterocycles. The number of anilines is 1. The van der Waals surface area contributed by atoms with Gasteiger partial charge in [0.05, 0.1) is 10.9 Å². The van der Waals surface area contributed by atoms with Gasteiger partial charge in [-0.1, -0.05) is 0 Å². The summed E-state index contributed by atoms with van der Waals surface area (Å²) < 4.78 is 1.44. The van der Waals surface area contributed by atoms with E-state index in [1.807, 2.05) is 0 Å². The van der Waals surface area contributed by atoms with Gasteiger partial charge >= 0.3 is 5.97 Å². The van der Waals surface area contributed by atoms with Crippen molar-refractivity contribution in [3.8, 4) is 0 Å². The number of hydrogen-bond acceptors (Lipinski definition) is 4. The lowest BCUT2D eigenvalue weighted by Gasteiger charge is -1.97. The van der Waals surface area contributed by atoms with Crippen LogP contribution in [0.1, 0.15) is 10.4 Å². The standard InChI is InChI=1S/C8H8N4O2/c1-12-6-4(7(9)11-12)2-10-3-5(6)8(13)14/h2-3H,1H3,(H2,9,11)(H,13,14). The second-order valence-electron chi connectivity index (χ2n) is 2.90. The third-order valence-electron chi connectivity index (χ3n) is 2.01. The van der Waals surface area contributed by atoms with Gasteiger partial charge in [-0.15, -0.1) is 0 Å². The third-order valence-corrected chi connectivity index (χ3v) is 2.01. The van der Waals surface area contributed by atoms with Crippen LogP contribution >= 0.6 is 0 Å². The summed E-state index contributed by atoms with van der Waals surface area (Å²) in [7, 11) is 1.64. The highest BCUT2D eigenvalue weighted by Crippen LogP contribution is 2.21. The lowest BCUT2D eigenvalue weighted by atomic mass is 10.2. The number of carboxylic acids is 1. The normalized spacial score (nSPS) is 10.6. The molecule has 0 aromatic carbocycles. The summed E-state index contributed by atoms with van der Waals surface area (Å²) in [4.78, 5) is 14.6. The van der Waals surface area contributed by atoms with Crippen LogP contribution in [0, 0.1) is 0 Å². The lowest BCUT2D eigenvalue weighted by molar-refractivity contribution is 0.0698. The van der Waals surface area contributed by atoms with Crippen molar-refractivity contribution in [3.05, 3.63) is 18.0 Å². The van der Waals surface area contributed by atoms with Gasteiger partial charge < -0.3 is 10.8 Å². The van der Waals surface area contributed by atoms with Gasteiger partial charge in [0.15, 0.2) is 5.82 Å². The maximum absolute atomic E-state index is 10.9. The van der Waals surface area contributed by atoms with E-state index in [4.69, 9.17) is 10.8 Å². The molecule has 2 aromatic heterocycles. The van der Waals surface area contributed by atoms with E-state index in [9.17, 15) is 4.79 Å². The molecule has 0 aliphatic rings. The van der Waals surface area contributed by atoms with E-state index in [0.29, 0.717) is 10.9 Å². The van der Waals surface area contributed by atoms with Crippen molar-refractivity contribution in [2.45, 2.75) is 0 Å². The first kappa shape index (κ1) is 8.49. The number of aryl methyl sites for hydroxylation is 1. The molecule has 6 heteroatoms. The van der Waals surface area contributed by atoms with E-state index in [-0.39, 0.29) is 11.4 Å². The van der Waals surface area contributed by atoms with E-state index in [0.717, 1.165) is 0 Å². The Bertz CT molecular complexity index is 517. The molecular formula is C8H8N4O2. The summed E-state index contributed by atoms with van der Waals surface area (Å²) in [5.74, 6) is -0.746. The fourth-order valence-corrected chi connectivity index (χ4v) is 1.41. The number of fused-ring (bicyclic) bond motifs is 1. The highest BCUT2D eigenvalue weighted by Gasteiger charge is 2.14. The molecule has 0 saturated carbocycles. The van der Waals surface area contributed by atoms with Gasteiger partial charge in [0.2, 0.25) is 0 Å². The topological polar surface area (TPSA) is 94.0 Å². The van der Waals surface area contributed by atoms with Crippen LogP contribution in [-0.2, 0) is 7.05 Å². The molecule has 72 valence electrons. The minimum Gasteiger partial charge on any atom is -0.478 e. The van der Waals surface area contributed by atoms with Gasteiger partial charge in [-0.3, -0.25) is 9.67 Å². The summed E-state index contributed by atoms with van der Waals surface area (Å²) >= 11 is 0. The summed E-state index contributed by atoms with van der Waals surface area (Å²) in [6.07, 6.45) is 2.79. The highest BCUT2D eigenvalue weighted by molar-refractivity contribution is 6.04. The monoisotopic (exact) mass is 192 g/mol. The number of pyridine rings is 1. The Labute approximate surface area is 79.0 Å². The van der Waals surface area contributed by atoms with Crippen molar-refractivity contribution in [1.82, 2.24) is 14.8 Å². The zero-order valence-corrected chi connectivity index (χ0v) is 7.43. The Balaban J connectivity index is 2.92. The Morgan fingerprint density at radius 3 is 2.93 bits per heavy atom. The van der Waals surface area contributed by atoms with Crippen molar-refractivity contribution >= 4 is 22.7 Å². The first-order valence-electron chi connectivity index (χ1n) is 3.90. The molecule has 0 aliphatic carbocycles. The number of aromatic nitrogens is 3. The van der Waals surface area contributed by atoms with E-state index in [2.05, 4.69) is 10.1 Å². The molecule has 0 unspecified atom stereocenters. The van der Waals surface area contributed by atoms with Crippen LogP contribution in [0.2, 0.25) is 0 Å². The summed E-state index contributed by atoms with van der Waals surface area (Å²) in [6.45, 7) is 0. The van der Waals surface area contributed by atoms with Crippen molar-refractivity contribution in [1.29, 1.82) is 0 Å². The molecule has 2 rings (SSSR count). The van der Waals surface area contributed by atoms with E-state index < -0.39 is 5.97 Å². The third kappa shape index (κ3) is 1.00. The minimum atomic E-state index is -1.04. The van der Waals surface area contributed by atoms with Gasteiger partial charge in [0.1, 0.15) is 5.56 Å². The fourth-order valence-electron chi connectivity index (χ4n) is 1.41. The zero-order chi connectivity index (χ0) is 10.3. The van der Waals surface area contributed by atoms with Crippen LogP contribution in [0.4, 0.5) is 5.82 Å². The number of rotatable bonds is 1. The maximum atomic E-state index is 10.9. The zero-order valence-electron chi connectivity index (χ0n) is 7.43. The van der Waals surface area contributed by atoms with Crippen molar-refractivity contribution in [2.24, 2.45) is 7.05 Å². The van der Waals surface area contributed by atoms with Gasteiger partial charge in [-0.05, 0) is 0 Å². The first-order chi connectivity index (χ1) is 6.61. The van der Waals surface area contributed by atoms with E-state index >= 15 is 0 Å². The molecular weight excluding hydrogens is 184 g/mol. The van der Waals surface area contributed by atoms with Crippen LogP contribution < -0.4 is 5.73 Å². The molecule has 0 amide bonds. The first-order valence-corrected chi connectivity index (χ1v) is 3.90. The van der Waals surface area contributed by atoms with Crippen LogP contribution in [0.15, 0.2) is 12.4 Å². The molecule has 6 nitrogen and oxygen atoms in total. The Hall–Kier alpha value is -2.11. The molecule has 0 radical (unpaired) electrons. The van der Waals surface area contributed by atoms with Gasteiger partial charge in [0.25, 0.3) is 0 Å². The molecule has 0 spiro atoms. The van der Waals surface area contributed by atoms with Gasteiger partial charge in [0, 0.05) is 19.4 Å². The number of carboxylic acid groups (broad SMARTS) is 1. The fraction of sp³-hybridized carbons (Fsp3) is 0.125. The van der Waals surface area contributed by atoms with Crippen molar-refractivity contribution < 1.29 is 9.90 Å². The summed E-state index contributed by atoms with van der Waals surface area (Å²) in [5, 5.41) is 13.4. The SMILES string of the molecule is Cn1nc(N)c2cncc(C(=O)O)c21. The highest BCUT2D eigenvalue weighted by atomic mass is 16.4. The molecule has 14 heavy (non-hydrogen) atoms. The number of nitrogen functional groups attached to an aromatic ring is 1.